The third kappa shape index (κ3) is 5.70. The van der Waals surface area contributed by atoms with Gasteiger partial charge in [0.1, 0.15) is 0 Å². The minimum absolute atomic E-state index is 0.0961. The summed E-state index contributed by atoms with van der Waals surface area (Å²) in [6, 6.07) is 20.3. The van der Waals surface area contributed by atoms with Gasteiger partial charge in [0.2, 0.25) is 5.91 Å². The fraction of sp³-hybridized carbons (Fsp3) is 0.0455. The molecule has 0 heterocycles. The van der Waals surface area contributed by atoms with E-state index in [4.69, 9.17) is 11.6 Å². The fourth-order valence-electron chi connectivity index (χ4n) is 2.58. The van der Waals surface area contributed by atoms with Crippen LogP contribution in [0.1, 0.15) is 11.1 Å². The molecule has 0 unspecified atom stereocenters. The Balaban J connectivity index is 1.67. The molecule has 0 aliphatic rings. The normalized spacial score (nSPS) is 11.4. The maximum Gasteiger partial charge on any atom is 0.261 e. The van der Waals surface area contributed by atoms with E-state index in [-0.39, 0.29) is 10.8 Å². The Labute approximate surface area is 175 Å². The van der Waals surface area contributed by atoms with Crippen LogP contribution >= 0.6 is 11.6 Å². The summed E-state index contributed by atoms with van der Waals surface area (Å²) in [6.45, 7) is 1.95. The molecule has 29 heavy (non-hydrogen) atoms. The van der Waals surface area contributed by atoms with Crippen molar-refractivity contribution in [3.63, 3.8) is 0 Å². The number of rotatable bonds is 6. The minimum atomic E-state index is -3.77. The molecule has 3 aromatic carbocycles. The summed E-state index contributed by atoms with van der Waals surface area (Å²) in [5.41, 5.74) is 2.77. The van der Waals surface area contributed by atoms with Gasteiger partial charge < -0.3 is 5.32 Å². The average Bonchev–Trinajstić information content (AvgIpc) is 2.68. The molecular formula is C22H19ClN2O3S. The summed E-state index contributed by atoms with van der Waals surface area (Å²) in [4.78, 5) is 12.1. The van der Waals surface area contributed by atoms with Crippen LogP contribution in [0.15, 0.2) is 83.8 Å². The standard InChI is InChI=1S/C22H19ClN2O3S/c1-16-5-4-6-18(15-16)24-22(26)14-11-17-9-12-19(13-10-17)29(27,28)25-21-8-3-2-7-20(21)23/h2-15,25H,1H3,(H,24,26)/b14-11+. The second-order valence-electron chi connectivity index (χ2n) is 6.35. The lowest BCUT2D eigenvalue weighted by molar-refractivity contribution is -0.111. The number of aryl methyl sites for hydroxylation is 1. The lowest BCUT2D eigenvalue weighted by Crippen LogP contribution is -2.13. The van der Waals surface area contributed by atoms with E-state index in [1.54, 1.807) is 42.5 Å². The van der Waals surface area contributed by atoms with Crippen molar-refractivity contribution in [1.29, 1.82) is 0 Å². The number of nitrogens with one attached hydrogen (secondary N) is 2. The predicted molar refractivity (Wildman–Crippen MR) is 118 cm³/mol. The molecule has 3 rings (SSSR count). The Morgan fingerprint density at radius 2 is 1.69 bits per heavy atom. The highest BCUT2D eigenvalue weighted by molar-refractivity contribution is 7.92. The van der Waals surface area contributed by atoms with E-state index in [0.29, 0.717) is 22.0 Å². The summed E-state index contributed by atoms with van der Waals surface area (Å²) in [7, 11) is -3.77. The molecule has 0 aliphatic carbocycles. The third-order valence-electron chi connectivity index (χ3n) is 4.02. The van der Waals surface area contributed by atoms with Crippen LogP contribution < -0.4 is 10.0 Å². The SMILES string of the molecule is Cc1cccc(NC(=O)/C=C/c2ccc(S(=O)(=O)Nc3ccccc3Cl)cc2)c1. The van der Waals surface area contributed by atoms with Gasteiger partial charge in [-0.2, -0.15) is 0 Å². The van der Waals surface area contributed by atoms with Crippen LogP contribution in [0.5, 0.6) is 0 Å². The molecule has 2 N–H and O–H groups in total. The molecule has 0 aromatic heterocycles. The van der Waals surface area contributed by atoms with Crippen LogP contribution in [0, 0.1) is 6.92 Å². The summed E-state index contributed by atoms with van der Waals surface area (Å²) < 4.78 is 27.5. The molecule has 0 aliphatic heterocycles. The van der Waals surface area contributed by atoms with Crippen LogP contribution in [0.4, 0.5) is 11.4 Å². The second-order valence-corrected chi connectivity index (χ2v) is 8.44. The smallest absolute Gasteiger partial charge is 0.261 e. The number of halogens is 1. The maximum absolute atomic E-state index is 12.5. The van der Waals surface area contributed by atoms with E-state index in [0.717, 1.165) is 5.56 Å². The third-order valence-corrected chi connectivity index (χ3v) is 5.73. The number of hydrogen-bond acceptors (Lipinski definition) is 3. The Morgan fingerprint density at radius 1 is 0.966 bits per heavy atom. The first-order valence-corrected chi connectivity index (χ1v) is 10.6. The predicted octanol–water partition coefficient (Wildman–Crippen LogP) is 5.10. The zero-order valence-electron chi connectivity index (χ0n) is 15.6. The summed E-state index contributed by atoms with van der Waals surface area (Å²) >= 11 is 6.01. The lowest BCUT2D eigenvalue weighted by atomic mass is 10.2. The number of anilines is 2. The topological polar surface area (TPSA) is 75.3 Å². The number of carbonyl (C=O) groups excluding carboxylic acids is 1. The van der Waals surface area contributed by atoms with E-state index >= 15 is 0 Å². The van der Waals surface area contributed by atoms with Crippen LogP contribution in [0.25, 0.3) is 6.08 Å². The molecule has 148 valence electrons. The Morgan fingerprint density at radius 3 is 2.38 bits per heavy atom. The van der Waals surface area contributed by atoms with Crippen LogP contribution in [-0.2, 0) is 14.8 Å². The van der Waals surface area contributed by atoms with Crippen molar-refractivity contribution in [2.75, 3.05) is 10.0 Å². The van der Waals surface area contributed by atoms with Gasteiger partial charge in [-0.05, 0) is 60.5 Å². The van der Waals surface area contributed by atoms with Gasteiger partial charge in [0.05, 0.1) is 15.6 Å². The Hall–Kier alpha value is -3.09. The van der Waals surface area contributed by atoms with Crippen LogP contribution in [0.3, 0.4) is 0 Å². The van der Waals surface area contributed by atoms with Gasteiger partial charge in [-0.1, -0.05) is 48.0 Å². The van der Waals surface area contributed by atoms with Crippen LogP contribution in [-0.4, -0.2) is 14.3 Å². The van der Waals surface area contributed by atoms with E-state index < -0.39 is 10.0 Å². The Kier molecular flexibility index (Phi) is 6.36. The number of carbonyl (C=O) groups is 1. The molecule has 7 heteroatoms. The molecular weight excluding hydrogens is 408 g/mol. The van der Waals surface area contributed by atoms with Gasteiger partial charge in [-0.3, -0.25) is 9.52 Å². The van der Waals surface area contributed by atoms with Crippen molar-refractivity contribution in [2.45, 2.75) is 11.8 Å². The lowest BCUT2D eigenvalue weighted by Gasteiger charge is -2.09. The molecule has 0 atom stereocenters. The molecule has 0 spiro atoms. The van der Waals surface area contributed by atoms with Gasteiger partial charge in [0.15, 0.2) is 0 Å². The monoisotopic (exact) mass is 426 g/mol. The Bertz CT molecular complexity index is 1160. The number of sulfonamides is 1. The van der Waals surface area contributed by atoms with Crippen molar-refractivity contribution >= 4 is 45.0 Å². The summed E-state index contributed by atoms with van der Waals surface area (Å²) in [5, 5.41) is 3.09. The van der Waals surface area contributed by atoms with Crippen molar-refractivity contribution in [3.05, 3.63) is 95.0 Å². The number of para-hydroxylation sites is 1. The van der Waals surface area contributed by atoms with E-state index in [1.165, 1.54) is 18.2 Å². The van der Waals surface area contributed by atoms with Crippen molar-refractivity contribution < 1.29 is 13.2 Å². The first-order valence-electron chi connectivity index (χ1n) is 8.77. The number of amides is 1. The summed E-state index contributed by atoms with van der Waals surface area (Å²) in [5.74, 6) is -0.271. The minimum Gasteiger partial charge on any atom is -0.323 e. The molecule has 0 saturated carbocycles. The molecule has 3 aromatic rings. The van der Waals surface area contributed by atoms with Crippen molar-refractivity contribution in [2.24, 2.45) is 0 Å². The largest absolute Gasteiger partial charge is 0.323 e. The van der Waals surface area contributed by atoms with E-state index in [2.05, 4.69) is 10.0 Å². The van der Waals surface area contributed by atoms with Gasteiger partial charge in [0.25, 0.3) is 10.0 Å². The molecule has 5 nitrogen and oxygen atoms in total. The average molecular weight is 427 g/mol. The molecule has 0 saturated heterocycles. The van der Waals surface area contributed by atoms with Gasteiger partial charge in [-0.15, -0.1) is 0 Å². The highest BCUT2D eigenvalue weighted by Crippen LogP contribution is 2.24. The second kappa shape index (κ2) is 8.94. The van der Waals surface area contributed by atoms with Crippen LogP contribution in [0.2, 0.25) is 5.02 Å². The van der Waals surface area contributed by atoms with Gasteiger partial charge >= 0.3 is 0 Å². The molecule has 1 amide bonds. The van der Waals surface area contributed by atoms with Gasteiger partial charge in [0, 0.05) is 11.8 Å². The quantitative estimate of drug-likeness (QED) is 0.538. The zero-order chi connectivity index (χ0) is 20.9. The number of hydrogen-bond donors (Lipinski definition) is 2. The first-order chi connectivity index (χ1) is 13.8. The summed E-state index contributed by atoms with van der Waals surface area (Å²) in [6.07, 6.45) is 3.01. The van der Waals surface area contributed by atoms with E-state index in [9.17, 15) is 13.2 Å². The van der Waals surface area contributed by atoms with Gasteiger partial charge in [-0.25, -0.2) is 8.42 Å². The maximum atomic E-state index is 12.5. The van der Waals surface area contributed by atoms with Crippen molar-refractivity contribution in [3.8, 4) is 0 Å². The molecule has 0 fully saturated rings. The fourth-order valence-corrected chi connectivity index (χ4v) is 3.90. The van der Waals surface area contributed by atoms with Crippen molar-refractivity contribution in [1.82, 2.24) is 0 Å². The highest BCUT2D eigenvalue weighted by Gasteiger charge is 2.15. The number of benzene rings is 3. The highest BCUT2D eigenvalue weighted by atomic mass is 35.5. The molecule has 0 bridgehead atoms. The van der Waals surface area contributed by atoms with E-state index in [1.807, 2.05) is 31.2 Å². The zero-order valence-corrected chi connectivity index (χ0v) is 17.2. The first kappa shape index (κ1) is 20.6. The molecule has 0 radical (unpaired) electrons.